The van der Waals surface area contributed by atoms with Crippen molar-refractivity contribution in [3.05, 3.63) is 0 Å². The zero-order chi connectivity index (χ0) is 9.30. The summed E-state index contributed by atoms with van der Waals surface area (Å²) in [6.07, 6.45) is -4.94. The van der Waals surface area contributed by atoms with E-state index in [1.54, 1.807) is 6.92 Å². The second kappa shape index (κ2) is 3.68. The zero-order valence-corrected chi connectivity index (χ0v) is 6.79. The van der Waals surface area contributed by atoms with Crippen LogP contribution in [0.3, 0.4) is 0 Å². The van der Waals surface area contributed by atoms with Crippen LogP contribution in [0.2, 0.25) is 0 Å². The van der Waals surface area contributed by atoms with E-state index in [2.05, 4.69) is 0 Å². The van der Waals surface area contributed by atoms with Gasteiger partial charge in [-0.25, -0.2) is 0 Å². The SMILES string of the molecule is CC1O[C@@H](CO)[C@@H](O)[C@H](O)C1O. The molecule has 5 atom stereocenters. The average Bonchev–Trinajstić information content (AvgIpc) is 2.08. The second-order valence-electron chi connectivity index (χ2n) is 3.03. The Bertz CT molecular complexity index is 146. The van der Waals surface area contributed by atoms with Gasteiger partial charge < -0.3 is 25.2 Å². The molecule has 1 saturated heterocycles. The molecule has 1 aliphatic rings. The standard InChI is InChI=1S/C7H14O5/c1-3-5(9)7(11)6(10)4(2-8)12-3/h3-11H,2H2,1H3/t3?,4-,5?,6+,7+/m0/s1. The largest absolute Gasteiger partial charge is 0.394 e. The lowest BCUT2D eigenvalue weighted by Crippen LogP contribution is -2.57. The molecule has 0 bridgehead atoms. The maximum absolute atomic E-state index is 9.23. The Morgan fingerprint density at radius 2 is 1.67 bits per heavy atom. The molecule has 0 aromatic rings. The van der Waals surface area contributed by atoms with Crippen molar-refractivity contribution < 1.29 is 25.2 Å². The molecule has 0 aromatic heterocycles. The van der Waals surface area contributed by atoms with Gasteiger partial charge in [0.15, 0.2) is 0 Å². The molecule has 0 aliphatic carbocycles. The van der Waals surface area contributed by atoms with E-state index in [9.17, 15) is 15.3 Å². The second-order valence-corrected chi connectivity index (χ2v) is 3.03. The minimum absolute atomic E-state index is 0.366. The van der Waals surface area contributed by atoms with Gasteiger partial charge in [-0.1, -0.05) is 0 Å². The molecule has 1 heterocycles. The first-order valence-electron chi connectivity index (χ1n) is 3.88. The van der Waals surface area contributed by atoms with Crippen molar-refractivity contribution in [1.82, 2.24) is 0 Å². The van der Waals surface area contributed by atoms with Crippen molar-refractivity contribution in [2.45, 2.75) is 37.4 Å². The highest BCUT2D eigenvalue weighted by atomic mass is 16.5. The number of ether oxygens (including phenoxy) is 1. The normalized spacial score (nSPS) is 49.2. The van der Waals surface area contributed by atoms with E-state index < -0.39 is 30.5 Å². The minimum atomic E-state index is -1.24. The van der Waals surface area contributed by atoms with Crippen LogP contribution in [0.1, 0.15) is 6.92 Å². The highest BCUT2D eigenvalue weighted by molar-refractivity contribution is 4.89. The van der Waals surface area contributed by atoms with Gasteiger partial charge in [0.05, 0.1) is 12.7 Å². The molecule has 5 heteroatoms. The lowest BCUT2D eigenvalue weighted by atomic mass is 9.96. The average molecular weight is 178 g/mol. The van der Waals surface area contributed by atoms with E-state index in [0.29, 0.717) is 0 Å². The molecule has 5 nitrogen and oxygen atoms in total. The van der Waals surface area contributed by atoms with Crippen LogP contribution in [-0.4, -0.2) is 57.6 Å². The van der Waals surface area contributed by atoms with Crippen LogP contribution in [0.25, 0.3) is 0 Å². The first-order valence-corrected chi connectivity index (χ1v) is 3.88. The van der Waals surface area contributed by atoms with E-state index in [1.165, 1.54) is 0 Å². The van der Waals surface area contributed by atoms with Crippen LogP contribution in [0.5, 0.6) is 0 Å². The van der Waals surface area contributed by atoms with Gasteiger partial charge in [0.2, 0.25) is 0 Å². The first-order chi connectivity index (χ1) is 5.57. The van der Waals surface area contributed by atoms with Crippen LogP contribution in [0, 0.1) is 0 Å². The van der Waals surface area contributed by atoms with Gasteiger partial charge >= 0.3 is 0 Å². The van der Waals surface area contributed by atoms with E-state index in [4.69, 9.17) is 9.84 Å². The quantitative estimate of drug-likeness (QED) is 0.367. The summed E-state index contributed by atoms with van der Waals surface area (Å²) in [5.41, 5.74) is 0. The molecule has 72 valence electrons. The minimum Gasteiger partial charge on any atom is -0.394 e. The fraction of sp³-hybridized carbons (Fsp3) is 1.00. The van der Waals surface area contributed by atoms with Gasteiger partial charge in [-0.3, -0.25) is 0 Å². The molecule has 4 N–H and O–H groups in total. The molecule has 0 aromatic carbocycles. The van der Waals surface area contributed by atoms with Gasteiger partial charge in [-0.2, -0.15) is 0 Å². The van der Waals surface area contributed by atoms with Crippen LogP contribution in [-0.2, 0) is 4.74 Å². The third-order valence-electron chi connectivity index (χ3n) is 2.13. The van der Waals surface area contributed by atoms with Crippen molar-refractivity contribution in [3.8, 4) is 0 Å². The maximum Gasteiger partial charge on any atom is 0.111 e. The van der Waals surface area contributed by atoms with Crippen LogP contribution < -0.4 is 0 Å². The van der Waals surface area contributed by atoms with Crippen molar-refractivity contribution in [1.29, 1.82) is 0 Å². The molecule has 0 radical (unpaired) electrons. The highest BCUT2D eigenvalue weighted by Gasteiger charge is 2.41. The molecule has 12 heavy (non-hydrogen) atoms. The molecule has 1 rings (SSSR count). The Morgan fingerprint density at radius 1 is 1.08 bits per heavy atom. The molecule has 0 spiro atoms. The molecule has 0 amide bonds. The summed E-state index contributed by atoms with van der Waals surface area (Å²) >= 11 is 0. The fourth-order valence-corrected chi connectivity index (χ4v) is 1.29. The smallest absolute Gasteiger partial charge is 0.111 e. The number of aliphatic hydroxyl groups excluding tert-OH is 4. The lowest BCUT2D eigenvalue weighted by Gasteiger charge is -2.38. The fourth-order valence-electron chi connectivity index (χ4n) is 1.29. The Labute approximate surface area is 70.2 Å². The molecule has 2 unspecified atom stereocenters. The van der Waals surface area contributed by atoms with Crippen molar-refractivity contribution in [2.24, 2.45) is 0 Å². The van der Waals surface area contributed by atoms with Crippen LogP contribution in [0.4, 0.5) is 0 Å². The van der Waals surface area contributed by atoms with Gasteiger partial charge in [0, 0.05) is 0 Å². The van der Waals surface area contributed by atoms with Gasteiger partial charge in [-0.15, -0.1) is 0 Å². The summed E-state index contributed by atoms with van der Waals surface area (Å²) < 4.78 is 5.02. The summed E-state index contributed by atoms with van der Waals surface area (Å²) in [4.78, 5) is 0. The van der Waals surface area contributed by atoms with Gasteiger partial charge in [0.25, 0.3) is 0 Å². The maximum atomic E-state index is 9.23. The monoisotopic (exact) mass is 178 g/mol. The summed E-state index contributed by atoms with van der Waals surface area (Å²) in [7, 11) is 0. The summed E-state index contributed by atoms with van der Waals surface area (Å²) in [6.45, 7) is 1.21. The molecule has 0 saturated carbocycles. The molecule has 1 aliphatic heterocycles. The third-order valence-corrected chi connectivity index (χ3v) is 2.13. The number of rotatable bonds is 1. The van der Waals surface area contributed by atoms with Crippen molar-refractivity contribution in [2.75, 3.05) is 6.61 Å². The number of hydrogen-bond acceptors (Lipinski definition) is 5. The number of hydrogen-bond donors (Lipinski definition) is 4. The predicted octanol–water partition coefficient (Wildman–Crippen LogP) is -2.15. The highest BCUT2D eigenvalue weighted by Crippen LogP contribution is 2.20. The van der Waals surface area contributed by atoms with Gasteiger partial charge in [0.1, 0.15) is 24.4 Å². The van der Waals surface area contributed by atoms with Crippen molar-refractivity contribution >= 4 is 0 Å². The number of aliphatic hydroxyl groups is 4. The van der Waals surface area contributed by atoms with E-state index in [-0.39, 0.29) is 6.61 Å². The predicted molar refractivity (Wildman–Crippen MR) is 39.4 cm³/mol. The Kier molecular flexibility index (Phi) is 3.03. The van der Waals surface area contributed by atoms with Gasteiger partial charge in [-0.05, 0) is 6.92 Å². The van der Waals surface area contributed by atoms with E-state index in [1.807, 2.05) is 0 Å². The molecule has 1 fully saturated rings. The zero-order valence-electron chi connectivity index (χ0n) is 6.79. The van der Waals surface area contributed by atoms with Crippen molar-refractivity contribution in [3.63, 3.8) is 0 Å². The Balaban J connectivity index is 2.63. The lowest BCUT2D eigenvalue weighted by molar-refractivity contribution is -0.224. The summed E-state index contributed by atoms with van der Waals surface area (Å²) in [6, 6.07) is 0. The van der Waals surface area contributed by atoms with Crippen LogP contribution in [0.15, 0.2) is 0 Å². The summed E-state index contributed by atoms with van der Waals surface area (Å²) in [5.74, 6) is 0. The molecular formula is C7H14O5. The Morgan fingerprint density at radius 3 is 2.17 bits per heavy atom. The Hall–Kier alpha value is -0.200. The van der Waals surface area contributed by atoms with Crippen LogP contribution >= 0.6 is 0 Å². The third kappa shape index (κ3) is 1.60. The van der Waals surface area contributed by atoms with E-state index >= 15 is 0 Å². The summed E-state index contributed by atoms with van der Waals surface area (Å²) in [5, 5.41) is 36.4. The van der Waals surface area contributed by atoms with E-state index in [0.717, 1.165) is 0 Å². The topological polar surface area (TPSA) is 90.2 Å². The molecular weight excluding hydrogens is 164 g/mol. The first kappa shape index (κ1) is 9.88.